The van der Waals surface area contributed by atoms with Crippen molar-refractivity contribution in [2.24, 2.45) is 5.73 Å². The van der Waals surface area contributed by atoms with Crippen molar-refractivity contribution in [2.45, 2.75) is 39.7 Å². The van der Waals surface area contributed by atoms with Gasteiger partial charge in [0.2, 0.25) is 0 Å². The van der Waals surface area contributed by atoms with Gasteiger partial charge in [-0.25, -0.2) is 4.79 Å². The van der Waals surface area contributed by atoms with Gasteiger partial charge in [-0.2, -0.15) is 0 Å². The predicted molar refractivity (Wildman–Crippen MR) is 70.4 cm³/mol. The van der Waals surface area contributed by atoms with Crippen molar-refractivity contribution < 1.29 is 14.7 Å². The molecule has 1 fully saturated rings. The Hall–Kier alpha value is -1.30. The van der Waals surface area contributed by atoms with Crippen LogP contribution in [0.1, 0.15) is 33.6 Å². The Morgan fingerprint density at radius 3 is 1.94 bits per heavy atom. The number of rotatable bonds is 3. The Bertz CT molecular complexity index is 255. The van der Waals surface area contributed by atoms with Crippen molar-refractivity contribution in [1.29, 1.82) is 0 Å². The second-order valence-corrected chi connectivity index (χ2v) is 4.28. The molecule has 106 valence electrons. The van der Waals surface area contributed by atoms with Gasteiger partial charge in [-0.1, -0.05) is 0 Å². The van der Waals surface area contributed by atoms with Crippen molar-refractivity contribution in [3.8, 4) is 0 Å². The summed E-state index contributed by atoms with van der Waals surface area (Å²) in [6.45, 7) is 9.03. The standard InChI is InChI=1S/C9H18N2O.C3H7NO2/c1-3-10(4-2)9(12)11-7-5-6-8-11;1-2(4)3(5)6/h3-8H2,1-2H3;2H,4H2,1H3,(H,5,6)/t;2-/m.0/s1. The van der Waals surface area contributed by atoms with Crippen molar-refractivity contribution in [1.82, 2.24) is 9.80 Å². The van der Waals surface area contributed by atoms with Crippen LogP contribution in [0.15, 0.2) is 0 Å². The number of urea groups is 1. The normalized spacial score (nSPS) is 15.7. The number of nitrogens with two attached hydrogens (primary N) is 1. The fraction of sp³-hybridized carbons (Fsp3) is 0.833. The molecule has 6 nitrogen and oxygen atoms in total. The van der Waals surface area contributed by atoms with Crippen LogP contribution in [0.2, 0.25) is 0 Å². The third kappa shape index (κ3) is 5.86. The van der Waals surface area contributed by atoms with E-state index in [1.165, 1.54) is 19.8 Å². The molecule has 1 rings (SSSR count). The lowest BCUT2D eigenvalue weighted by Gasteiger charge is -2.25. The van der Waals surface area contributed by atoms with Crippen LogP contribution >= 0.6 is 0 Å². The number of nitrogens with zero attached hydrogens (tertiary/aromatic N) is 2. The number of carboxylic acids is 1. The molecular formula is C12H25N3O3. The maximum atomic E-state index is 11.7. The minimum Gasteiger partial charge on any atom is -0.480 e. The van der Waals surface area contributed by atoms with Crippen LogP contribution in [0.25, 0.3) is 0 Å². The number of likely N-dealkylation sites (tertiary alicyclic amines) is 1. The highest BCUT2D eigenvalue weighted by atomic mass is 16.4. The van der Waals surface area contributed by atoms with Crippen LogP contribution in [-0.4, -0.2) is 59.1 Å². The molecule has 0 bridgehead atoms. The molecule has 3 N–H and O–H groups in total. The molecule has 0 aromatic heterocycles. The number of carboxylic acid groups (broad SMARTS) is 1. The first-order valence-corrected chi connectivity index (χ1v) is 6.46. The summed E-state index contributed by atoms with van der Waals surface area (Å²) in [6, 6.07) is -0.512. The largest absolute Gasteiger partial charge is 0.480 e. The maximum Gasteiger partial charge on any atom is 0.320 e. The van der Waals surface area contributed by atoms with Crippen LogP contribution < -0.4 is 5.73 Å². The van der Waals surface area contributed by atoms with E-state index in [0.29, 0.717) is 0 Å². The van der Waals surface area contributed by atoms with E-state index >= 15 is 0 Å². The van der Waals surface area contributed by atoms with Crippen molar-refractivity contribution in [2.75, 3.05) is 26.2 Å². The second kappa shape index (κ2) is 8.74. The van der Waals surface area contributed by atoms with Crippen LogP contribution in [0.3, 0.4) is 0 Å². The quantitative estimate of drug-likeness (QED) is 0.790. The van der Waals surface area contributed by atoms with E-state index in [1.54, 1.807) is 0 Å². The minimum absolute atomic E-state index is 0.220. The summed E-state index contributed by atoms with van der Waals surface area (Å²) < 4.78 is 0. The van der Waals surface area contributed by atoms with Gasteiger partial charge >= 0.3 is 12.0 Å². The van der Waals surface area contributed by atoms with E-state index in [2.05, 4.69) is 0 Å². The van der Waals surface area contributed by atoms with Crippen LogP contribution in [0.5, 0.6) is 0 Å². The van der Waals surface area contributed by atoms with Gasteiger partial charge in [0.05, 0.1) is 0 Å². The highest BCUT2D eigenvalue weighted by molar-refractivity contribution is 5.74. The zero-order chi connectivity index (χ0) is 14.1. The van der Waals surface area contributed by atoms with E-state index in [9.17, 15) is 9.59 Å². The first-order valence-electron chi connectivity index (χ1n) is 6.46. The third-order valence-electron chi connectivity index (χ3n) is 2.80. The Balaban J connectivity index is 0.000000411. The number of carbonyl (C=O) groups is 2. The molecule has 6 heteroatoms. The molecule has 1 atom stereocenters. The van der Waals surface area contributed by atoms with Crippen molar-refractivity contribution in [3.05, 3.63) is 0 Å². The van der Waals surface area contributed by atoms with Gasteiger partial charge in [0.1, 0.15) is 6.04 Å². The van der Waals surface area contributed by atoms with Crippen LogP contribution in [0, 0.1) is 0 Å². The Morgan fingerprint density at radius 1 is 1.28 bits per heavy atom. The van der Waals surface area contributed by atoms with E-state index in [4.69, 9.17) is 10.8 Å². The summed E-state index contributed by atoms with van der Waals surface area (Å²) in [5.41, 5.74) is 4.84. The average molecular weight is 259 g/mol. The van der Waals surface area contributed by atoms with E-state index in [0.717, 1.165) is 26.2 Å². The lowest BCUT2D eigenvalue weighted by Crippen LogP contribution is -2.41. The van der Waals surface area contributed by atoms with Gasteiger partial charge in [-0.05, 0) is 33.6 Å². The molecule has 0 aromatic carbocycles. The third-order valence-corrected chi connectivity index (χ3v) is 2.80. The molecule has 0 aromatic rings. The second-order valence-electron chi connectivity index (χ2n) is 4.28. The summed E-state index contributed by atoms with van der Waals surface area (Å²) >= 11 is 0. The lowest BCUT2D eigenvalue weighted by molar-refractivity contribution is -0.138. The highest BCUT2D eigenvalue weighted by Gasteiger charge is 2.21. The lowest BCUT2D eigenvalue weighted by atomic mass is 10.4. The summed E-state index contributed by atoms with van der Waals surface area (Å²) in [7, 11) is 0. The Labute approximate surface area is 109 Å². The van der Waals surface area contributed by atoms with Gasteiger partial charge in [0, 0.05) is 26.2 Å². The molecular weight excluding hydrogens is 234 g/mol. The van der Waals surface area contributed by atoms with Crippen LogP contribution in [-0.2, 0) is 4.79 Å². The monoisotopic (exact) mass is 259 g/mol. The van der Waals surface area contributed by atoms with E-state index in [-0.39, 0.29) is 6.03 Å². The SMILES string of the molecule is CCN(CC)C(=O)N1CCCC1.C[C@H](N)C(=O)O. The van der Waals surface area contributed by atoms with Gasteiger partial charge in [-0.15, -0.1) is 0 Å². The van der Waals surface area contributed by atoms with Crippen LogP contribution in [0.4, 0.5) is 4.79 Å². The molecule has 0 radical (unpaired) electrons. The van der Waals surface area contributed by atoms with Crippen molar-refractivity contribution in [3.63, 3.8) is 0 Å². The minimum atomic E-state index is -0.963. The predicted octanol–water partition coefficient (Wildman–Crippen LogP) is 0.962. The number of aliphatic carboxylic acids is 1. The van der Waals surface area contributed by atoms with E-state index < -0.39 is 12.0 Å². The molecule has 2 amide bonds. The number of amides is 2. The summed E-state index contributed by atoms with van der Waals surface area (Å²) in [5.74, 6) is -0.963. The molecule has 0 saturated carbocycles. The molecule has 1 heterocycles. The van der Waals surface area contributed by atoms with Gasteiger partial charge in [0.25, 0.3) is 0 Å². The molecule has 1 saturated heterocycles. The van der Waals surface area contributed by atoms with E-state index in [1.807, 2.05) is 23.6 Å². The molecule has 0 aliphatic carbocycles. The number of hydrogen-bond acceptors (Lipinski definition) is 3. The summed E-state index contributed by atoms with van der Waals surface area (Å²) in [6.07, 6.45) is 2.35. The van der Waals surface area contributed by atoms with Gasteiger partial charge in [-0.3, -0.25) is 4.79 Å². The number of hydrogen-bond donors (Lipinski definition) is 2. The first-order chi connectivity index (χ1) is 8.43. The topological polar surface area (TPSA) is 86.9 Å². The summed E-state index contributed by atoms with van der Waals surface area (Å²) in [4.78, 5) is 25.1. The highest BCUT2D eigenvalue weighted by Crippen LogP contribution is 2.09. The fourth-order valence-electron chi connectivity index (χ4n) is 1.60. The molecule has 18 heavy (non-hydrogen) atoms. The van der Waals surface area contributed by atoms with Gasteiger partial charge < -0.3 is 20.6 Å². The zero-order valence-electron chi connectivity index (χ0n) is 11.6. The van der Waals surface area contributed by atoms with Gasteiger partial charge in [0.15, 0.2) is 0 Å². The maximum absolute atomic E-state index is 11.7. The molecule has 0 spiro atoms. The first kappa shape index (κ1) is 16.7. The Kier molecular flexibility index (Phi) is 8.11. The zero-order valence-corrected chi connectivity index (χ0v) is 11.6. The average Bonchev–Trinajstić information content (AvgIpc) is 2.84. The molecule has 1 aliphatic rings. The van der Waals surface area contributed by atoms with Crippen molar-refractivity contribution >= 4 is 12.0 Å². The number of carbonyl (C=O) groups excluding carboxylic acids is 1. The molecule has 1 aliphatic heterocycles. The summed E-state index contributed by atoms with van der Waals surface area (Å²) in [5, 5.41) is 7.87. The Morgan fingerprint density at radius 2 is 1.67 bits per heavy atom. The smallest absolute Gasteiger partial charge is 0.320 e. The fourth-order valence-corrected chi connectivity index (χ4v) is 1.60. The molecule has 0 unspecified atom stereocenters.